The van der Waals surface area contributed by atoms with Crippen molar-refractivity contribution in [1.82, 2.24) is 9.97 Å². The third-order valence-corrected chi connectivity index (χ3v) is 5.62. The molecule has 0 atom stereocenters. The maximum absolute atomic E-state index is 13.6. The van der Waals surface area contributed by atoms with Gasteiger partial charge in [0.25, 0.3) is 0 Å². The number of halogens is 4. The lowest BCUT2D eigenvalue weighted by Gasteiger charge is -2.37. The number of hydrogen-bond acceptors (Lipinski definition) is 4. The van der Waals surface area contributed by atoms with E-state index in [1.807, 2.05) is 6.07 Å². The van der Waals surface area contributed by atoms with E-state index in [0.29, 0.717) is 30.7 Å². The predicted octanol–water partition coefficient (Wildman–Crippen LogP) is 4.76. The molecular weight excluding hydrogens is 400 g/mol. The Bertz CT molecular complexity index is 978. The molecule has 0 N–H and O–H groups in total. The van der Waals surface area contributed by atoms with Gasteiger partial charge in [0.2, 0.25) is 11.7 Å². The van der Waals surface area contributed by atoms with Crippen molar-refractivity contribution >= 4 is 11.6 Å². The summed E-state index contributed by atoms with van der Waals surface area (Å²) in [7, 11) is 1.37. The van der Waals surface area contributed by atoms with Crippen LogP contribution in [0.4, 0.5) is 23.2 Å². The molecule has 0 saturated heterocycles. The van der Waals surface area contributed by atoms with Crippen molar-refractivity contribution in [2.75, 3.05) is 11.9 Å². The molecule has 0 bridgehead atoms. The lowest BCUT2D eigenvalue weighted by atomic mass is 9.69. The van der Waals surface area contributed by atoms with Gasteiger partial charge < -0.3 is 4.90 Å². The zero-order valence-electron chi connectivity index (χ0n) is 16.3. The number of hydrogen-bond donors (Lipinski definition) is 0. The molecule has 1 saturated carbocycles. The Hall–Kier alpha value is -3.02. The predicted molar refractivity (Wildman–Crippen MR) is 101 cm³/mol. The van der Waals surface area contributed by atoms with Crippen LogP contribution < -0.4 is 4.90 Å². The normalized spacial score (nSPS) is 16.0. The molecular formula is C21H20F4N4O. The van der Waals surface area contributed by atoms with Crippen LogP contribution in [0.2, 0.25) is 0 Å². The number of nitrogens with zero attached hydrogens (tertiary/aromatic N) is 4. The number of nitriles is 1. The molecule has 0 unspecified atom stereocenters. The summed E-state index contributed by atoms with van der Waals surface area (Å²) in [6.07, 6.45) is 0.732. The molecule has 0 spiro atoms. The molecule has 1 aliphatic rings. The van der Waals surface area contributed by atoms with Crippen LogP contribution in [0.25, 0.3) is 0 Å². The van der Waals surface area contributed by atoms with Crippen LogP contribution in [0, 0.1) is 17.1 Å². The SMILES string of the molecule is CN(C(=O)CC1(c2ccnc(C#N)n2)CCCCC1)c1ccc(F)c(C(F)(F)F)c1. The number of alkyl halides is 3. The number of benzene rings is 1. The second-order valence-corrected chi connectivity index (χ2v) is 7.51. The lowest BCUT2D eigenvalue weighted by Crippen LogP contribution is -2.38. The second kappa shape index (κ2) is 8.38. The average molecular weight is 420 g/mol. The van der Waals surface area contributed by atoms with Crippen molar-refractivity contribution < 1.29 is 22.4 Å². The topological polar surface area (TPSA) is 69.9 Å². The minimum Gasteiger partial charge on any atom is -0.315 e. The Morgan fingerprint density at radius 2 is 1.93 bits per heavy atom. The highest BCUT2D eigenvalue weighted by Gasteiger charge is 2.39. The lowest BCUT2D eigenvalue weighted by molar-refractivity contribution is -0.140. The average Bonchev–Trinajstić information content (AvgIpc) is 2.73. The van der Waals surface area contributed by atoms with E-state index in [4.69, 9.17) is 5.26 Å². The minimum absolute atomic E-state index is 0.00612. The monoisotopic (exact) mass is 420 g/mol. The van der Waals surface area contributed by atoms with Crippen LogP contribution in [0.5, 0.6) is 0 Å². The summed E-state index contributed by atoms with van der Waals surface area (Å²) in [5.74, 6) is -1.79. The summed E-state index contributed by atoms with van der Waals surface area (Å²) in [6.45, 7) is 0. The van der Waals surface area contributed by atoms with Gasteiger partial charge in [-0.25, -0.2) is 14.4 Å². The summed E-state index contributed by atoms with van der Waals surface area (Å²) in [4.78, 5) is 22.3. The Balaban J connectivity index is 1.90. The molecule has 1 fully saturated rings. The fourth-order valence-electron chi connectivity index (χ4n) is 3.95. The third kappa shape index (κ3) is 4.42. The Labute approximate surface area is 171 Å². The molecule has 0 radical (unpaired) electrons. The van der Waals surface area contributed by atoms with E-state index >= 15 is 0 Å². The van der Waals surface area contributed by atoms with Gasteiger partial charge in [-0.3, -0.25) is 4.79 Å². The summed E-state index contributed by atoms with van der Waals surface area (Å²) in [5.41, 5.74) is -1.49. The number of carbonyl (C=O) groups is 1. The van der Waals surface area contributed by atoms with Crippen molar-refractivity contribution in [1.29, 1.82) is 5.26 Å². The van der Waals surface area contributed by atoms with E-state index < -0.39 is 28.9 Å². The second-order valence-electron chi connectivity index (χ2n) is 7.51. The first kappa shape index (κ1) is 21.7. The van der Waals surface area contributed by atoms with Crippen molar-refractivity contribution in [2.45, 2.75) is 50.1 Å². The van der Waals surface area contributed by atoms with Gasteiger partial charge >= 0.3 is 6.18 Å². The third-order valence-electron chi connectivity index (χ3n) is 5.62. The fraction of sp³-hybridized carbons (Fsp3) is 0.429. The minimum atomic E-state index is -4.86. The van der Waals surface area contributed by atoms with Gasteiger partial charge in [0.15, 0.2) is 0 Å². The number of anilines is 1. The van der Waals surface area contributed by atoms with Gasteiger partial charge in [0, 0.05) is 30.8 Å². The Morgan fingerprint density at radius 1 is 1.23 bits per heavy atom. The van der Waals surface area contributed by atoms with Crippen LogP contribution in [0.1, 0.15) is 55.6 Å². The maximum Gasteiger partial charge on any atom is 0.419 e. The van der Waals surface area contributed by atoms with Gasteiger partial charge in [-0.2, -0.15) is 18.4 Å². The van der Waals surface area contributed by atoms with Crippen molar-refractivity contribution in [2.24, 2.45) is 0 Å². The fourth-order valence-corrected chi connectivity index (χ4v) is 3.95. The zero-order chi connectivity index (χ0) is 21.9. The van der Waals surface area contributed by atoms with Crippen LogP contribution in [-0.2, 0) is 16.4 Å². The summed E-state index contributed by atoms with van der Waals surface area (Å²) < 4.78 is 52.7. The van der Waals surface area contributed by atoms with Gasteiger partial charge in [-0.15, -0.1) is 0 Å². The standard InChI is InChI=1S/C21H20F4N4O/c1-29(14-5-6-16(22)15(11-14)21(23,24)25)19(30)12-20(8-3-2-4-9-20)17-7-10-27-18(13-26)28-17/h5-7,10-11H,2-4,8-9,12H2,1H3. The highest BCUT2D eigenvalue weighted by Crippen LogP contribution is 2.42. The molecule has 0 aliphatic heterocycles. The van der Waals surface area contributed by atoms with E-state index in [2.05, 4.69) is 9.97 Å². The molecule has 9 heteroatoms. The summed E-state index contributed by atoms with van der Waals surface area (Å²) in [6, 6.07) is 6.07. The molecule has 1 heterocycles. The molecule has 3 rings (SSSR count). The number of rotatable bonds is 4. The van der Waals surface area contributed by atoms with E-state index in [1.165, 1.54) is 13.2 Å². The number of amides is 1. The van der Waals surface area contributed by atoms with Crippen LogP contribution in [0.3, 0.4) is 0 Å². The Kier molecular flexibility index (Phi) is 6.06. The molecule has 1 amide bonds. The van der Waals surface area contributed by atoms with Crippen LogP contribution >= 0.6 is 0 Å². The molecule has 2 aromatic rings. The molecule has 1 aromatic carbocycles. The van der Waals surface area contributed by atoms with Gasteiger partial charge in [0.05, 0.1) is 11.3 Å². The van der Waals surface area contributed by atoms with Crippen LogP contribution in [-0.4, -0.2) is 22.9 Å². The van der Waals surface area contributed by atoms with Crippen molar-refractivity contribution in [3.05, 3.63) is 53.4 Å². The smallest absolute Gasteiger partial charge is 0.315 e. The van der Waals surface area contributed by atoms with E-state index in [-0.39, 0.29) is 17.9 Å². The highest BCUT2D eigenvalue weighted by molar-refractivity contribution is 5.93. The largest absolute Gasteiger partial charge is 0.419 e. The zero-order valence-corrected chi connectivity index (χ0v) is 16.3. The summed E-state index contributed by atoms with van der Waals surface area (Å²) in [5, 5.41) is 9.10. The number of aromatic nitrogens is 2. The number of carbonyl (C=O) groups excluding carboxylic acids is 1. The van der Waals surface area contributed by atoms with E-state index in [1.54, 1.807) is 6.07 Å². The first-order valence-electron chi connectivity index (χ1n) is 9.53. The Morgan fingerprint density at radius 3 is 2.57 bits per heavy atom. The van der Waals surface area contributed by atoms with Gasteiger partial charge in [0.1, 0.15) is 11.9 Å². The van der Waals surface area contributed by atoms with Crippen LogP contribution in [0.15, 0.2) is 30.5 Å². The van der Waals surface area contributed by atoms with Gasteiger partial charge in [-0.1, -0.05) is 19.3 Å². The molecule has 30 heavy (non-hydrogen) atoms. The van der Waals surface area contributed by atoms with E-state index in [9.17, 15) is 22.4 Å². The van der Waals surface area contributed by atoms with Crippen molar-refractivity contribution in [3.8, 4) is 6.07 Å². The maximum atomic E-state index is 13.6. The summed E-state index contributed by atoms with van der Waals surface area (Å²) >= 11 is 0. The molecule has 5 nitrogen and oxygen atoms in total. The van der Waals surface area contributed by atoms with E-state index in [0.717, 1.165) is 30.2 Å². The molecule has 1 aromatic heterocycles. The van der Waals surface area contributed by atoms with Crippen molar-refractivity contribution in [3.63, 3.8) is 0 Å². The first-order chi connectivity index (χ1) is 14.2. The highest BCUT2D eigenvalue weighted by atomic mass is 19.4. The molecule has 1 aliphatic carbocycles. The molecule has 158 valence electrons. The quantitative estimate of drug-likeness (QED) is 0.669. The van der Waals surface area contributed by atoms with Gasteiger partial charge in [-0.05, 0) is 37.1 Å². The first-order valence-corrected chi connectivity index (χ1v) is 9.53.